The third-order valence-corrected chi connectivity index (χ3v) is 5.64. The molecule has 4 aromatic rings. The molecule has 0 bridgehead atoms. The van der Waals surface area contributed by atoms with Gasteiger partial charge in [0.15, 0.2) is 0 Å². The molecular formula is C24H26N6. The van der Waals surface area contributed by atoms with Gasteiger partial charge in [-0.15, -0.1) is 5.10 Å². The summed E-state index contributed by atoms with van der Waals surface area (Å²) in [6.45, 7) is 6.57. The average Bonchev–Trinajstić information content (AvgIpc) is 3.33. The molecule has 30 heavy (non-hydrogen) atoms. The fourth-order valence-electron chi connectivity index (χ4n) is 3.59. The van der Waals surface area contributed by atoms with Crippen LogP contribution in [0.2, 0.25) is 0 Å². The lowest BCUT2D eigenvalue weighted by molar-refractivity contribution is 0.557. The van der Waals surface area contributed by atoms with Crippen LogP contribution in [0.1, 0.15) is 55.5 Å². The van der Waals surface area contributed by atoms with Gasteiger partial charge in [-0.3, -0.25) is 15.0 Å². The van der Waals surface area contributed by atoms with Crippen molar-refractivity contribution >= 4 is 0 Å². The van der Waals surface area contributed by atoms with Crippen molar-refractivity contribution in [2.24, 2.45) is 0 Å². The molecule has 0 amide bonds. The van der Waals surface area contributed by atoms with E-state index in [1.54, 1.807) is 10.9 Å². The topological polar surface area (TPSA) is 69.4 Å². The molecule has 0 aromatic carbocycles. The molecule has 0 spiro atoms. The summed E-state index contributed by atoms with van der Waals surface area (Å²) in [5.74, 6) is 0.778. The van der Waals surface area contributed by atoms with E-state index in [4.69, 9.17) is 4.98 Å². The minimum Gasteiger partial charge on any atom is -0.264 e. The molecule has 2 unspecified atom stereocenters. The Morgan fingerprint density at radius 3 is 2.13 bits per heavy atom. The molecule has 4 heterocycles. The Labute approximate surface area is 177 Å². The van der Waals surface area contributed by atoms with Crippen molar-refractivity contribution in [3.8, 4) is 16.8 Å². The van der Waals surface area contributed by atoms with Crippen molar-refractivity contribution in [2.45, 2.75) is 45.4 Å². The minimum atomic E-state index is 0.384. The predicted molar refractivity (Wildman–Crippen MR) is 117 cm³/mol. The molecule has 4 rings (SSSR count). The summed E-state index contributed by atoms with van der Waals surface area (Å²) < 4.78 is 1.71. The molecule has 0 aliphatic carbocycles. The number of rotatable bonds is 7. The highest BCUT2D eigenvalue weighted by atomic mass is 15.4. The first-order valence-electron chi connectivity index (χ1n) is 10.3. The van der Waals surface area contributed by atoms with Gasteiger partial charge in [0, 0.05) is 41.1 Å². The van der Waals surface area contributed by atoms with Crippen LogP contribution in [0, 0.1) is 6.92 Å². The van der Waals surface area contributed by atoms with Gasteiger partial charge in [-0.05, 0) is 61.4 Å². The lowest BCUT2D eigenvalue weighted by Crippen LogP contribution is -2.03. The maximum atomic E-state index is 4.73. The van der Waals surface area contributed by atoms with Gasteiger partial charge in [-0.2, -0.15) is 0 Å². The first-order chi connectivity index (χ1) is 14.6. The monoisotopic (exact) mass is 398 g/mol. The second kappa shape index (κ2) is 8.95. The molecule has 0 aliphatic heterocycles. The summed E-state index contributed by atoms with van der Waals surface area (Å²) in [6.07, 6.45) is 13.1. The van der Waals surface area contributed by atoms with E-state index in [1.807, 2.05) is 43.1 Å². The highest BCUT2D eigenvalue weighted by molar-refractivity contribution is 5.65. The van der Waals surface area contributed by atoms with Gasteiger partial charge >= 0.3 is 0 Å². The third-order valence-electron chi connectivity index (χ3n) is 5.64. The Hall–Kier alpha value is -3.41. The van der Waals surface area contributed by atoms with Gasteiger partial charge in [0.1, 0.15) is 0 Å². The zero-order valence-corrected chi connectivity index (χ0v) is 17.6. The zero-order valence-electron chi connectivity index (χ0n) is 17.6. The Kier molecular flexibility index (Phi) is 5.93. The molecule has 152 valence electrons. The van der Waals surface area contributed by atoms with Gasteiger partial charge in [0.2, 0.25) is 0 Å². The second-order valence-corrected chi connectivity index (χ2v) is 7.83. The number of hydrogen-bond acceptors (Lipinski definition) is 5. The number of nitrogens with zero attached hydrogens (tertiary/aromatic N) is 6. The maximum Gasteiger partial charge on any atom is 0.0846 e. The lowest BCUT2D eigenvalue weighted by atomic mass is 9.93. The van der Waals surface area contributed by atoms with Gasteiger partial charge in [-0.1, -0.05) is 25.1 Å². The van der Waals surface area contributed by atoms with E-state index in [0.717, 1.165) is 41.0 Å². The van der Waals surface area contributed by atoms with E-state index in [2.05, 4.69) is 59.3 Å². The molecule has 6 heteroatoms. The third kappa shape index (κ3) is 4.43. The first-order valence-corrected chi connectivity index (χ1v) is 10.3. The summed E-state index contributed by atoms with van der Waals surface area (Å²) >= 11 is 0. The quantitative estimate of drug-likeness (QED) is 0.432. The predicted octanol–water partition coefficient (Wildman–Crippen LogP) is 5.12. The number of hydrogen-bond donors (Lipinski definition) is 0. The standard InChI is InChI=1S/C24H26N6/c1-17-10-11-25-16-22(17)20-6-8-23(26-14-20)18(2)4-5-19(3)24-9-7-21(15-27-24)30-13-12-28-29-30/h6-16,18-19H,4-5H2,1-3H3. The Morgan fingerprint density at radius 1 is 0.833 bits per heavy atom. The van der Waals surface area contributed by atoms with E-state index < -0.39 is 0 Å². The Bertz CT molecular complexity index is 1070. The number of aromatic nitrogens is 6. The fourth-order valence-corrected chi connectivity index (χ4v) is 3.59. The maximum absolute atomic E-state index is 4.73. The molecular weight excluding hydrogens is 372 g/mol. The molecule has 0 radical (unpaired) electrons. The average molecular weight is 399 g/mol. The van der Waals surface area contributed by atoms with Crippen molar-refractivity contribution in [3.63, 3.8) is 0 Å². The summed E-state index contributed by atoms with van der Waals surface area (Å²) in [7, 11) is 0. The van der Waals surface area contributed by atoms with Crippen LogP contribution in [0.3, 0.4) is 0 Å². The van der Waals surface area contributed by atoms with Crippen LogP contribution < -0.4 is 0 Å². The molecule has 0 fully saturated rings. The van der Waals surface area contributed by atoms with Crippen LogP contribution in [0.4, 0.5) is 0 Å². The smallest absolute Gasteiger partial charge is 0.0846 e. The minimum absolute atomic E-state index is 0.384. The van der Waals surface area contributed by atoms with Gasteiger partial charge in [0.05, 0.1) is 24.3 Å². The largest absolute Gasteiger partial charge is 0.264 e. The van der Waals surface area contributed by atoms with Gasteiger partial charge < -0.3 is 0 Å². The van der Waals surface area contributed by atoms with E-state index in [1.165, 1.54) is 5.56 Å². The highest BCUT2D eigenvalue weighted by Crippen LogP contribution is 2.28. The highest BCUT2D eigenvalue weighted by Gasteiger charge is 2.13. The molecule has 0 N–H and O–H groups in total. The van der Waals surface area contributed by atoms with Crippen LogP contribution in [-0.4, -0.2) is 29.9 Å². The second-order valence-electron chi connectivity index (χ2n) is 7.83. The van der Waals surface area contributed by atoms with E-state index in [0.29, 0.717) is 11.8 Å². The molecule has 4 aromatic heterocycles. The summed E-state index contributed by atoms with van der Waals surface area (Å²) in [5, 5.41) is 7.84. The Morgan fingerprint density at radius 2 is 1.57 bits per heavy atom. The van der Waals surface area contributed by atoms with Crippen molar-refractivity contribution in [1.29, 1.82) is 0 Å². The number of pyridine rings is 3. The van der Waals surface area contributed by atoms with Crippen molar-refractivity contribution in [2.75, 3.05) is 0 Å². The van der Waals surface area contributed by atoms with Gasteiger partial charge in [-0.25, -0.2) is 4.68 Å². The van der Waals surface area contributed by atoms with Crippen LogP contribution in [0.25, 0.3) is 16.8 Å². The first kappa shape index (κ1) is 19.9. The van der Waals surface area contributed by atoms with Gasteiger partial charge in [0.25, 0.3) is 0 Å². The zero-order chi connectivity index (χ0) is 20.9. The molecule has 2 atom stereocenters. The lowest BCUT2D eigenvalue weighted by Gasteiger charge is -2.16. The van der Waals surface area contributed by atoms with E-state index >= 15 is 0 Å². The van der Waals surface area contributed by atoms with Crippen LogP contribution in [-0.2, 0) is 0 Å². The van der Waals surface area contributed by atoms with Crippen molar-refractivity contribution < 1.29 is 0 Å². The summed E-state index contributed by atoms with van der Waals surface area (Å²) in [5.41, 5.74) is 6.61. The van der Waals surface area contributed by atoms with Crippen LogP contribution >= 0.6 is 0 Å². The molecule has 6 nitrogen and oxygen atoms in total. The SMILES string of the molecule is Cc1ccncc1-c1ccc(C(C)CCC(C)c2ccc(-n3ccnn3)cn2)nc1. The Balaban J connectivity index is 1.36. The van der Waals surface area contributed by atoms with Crippen LogP contribution in [0.15, 0.2) is 67.5 Å². The van der Waals surface area contributed by atoms with E-state index in [9.17, 15) is 0 Å². The molecule has 0 aliphatic rings. The summed E-state index contributed by atoms with van der Waals surface area (Å²) in [6, 6.07) is 10.4. The van der Waals surface area contributed by atoms with Crippen molar-refractivity contribution in [3.05, 3.63) is 84.5 Å². The fraction of sp³-hybridized carbons (Fsp3) is 0.292. The summed E-state index contributed by atoms with van der Waals surface area (Å²) in [4.78, 5) is 13.6. The van der Waals surface area contributed by atoms with E-state index in [-0.39, 0.29) is 0 Å². The molecule has 0 saturated heterocycles. The molecule has 0 saturated carbocycles. The van der Waals surface area contributed by atoms with Crippen LogP contribution in [0.5, 0.6) is 0 Å². The van der Waals surface area contributed by atoms with Crippen molar-refractivity contribution in [1.82, 2.24) is 29.9 Å². The normalized spacial score (nSPS) is 13.2. The number of aryl methyl sites for hydroxylation is 1.